The van der Waals surface area contributed by atoms with Gasteiger partial charge >= 0.3 is 18.3 Å². The van der Waals surface area contributed by atoms with Crippen molar-refractivity contribution in [2.24, 2.45) is 5.73 Å². The van der Waals surface area contributed by atoms with Gasteiger partial charge in [0.1, 0.15) is 6.04 Å². The zero-order valence-corrected chi connectivity index (χ0v) is 9.01. The molecule has 0 saturated carbocycles. The molecule has 3 N–H and O–H groups in total. The second-order valence-electron chi connectivity index (χ2n) is 3.66. The summed E-state index contributed by atoms with van der Waals surface area (Å²) in [7, 11) is 0. The maximum absolute atomic E-state index is 12.4. The number of nitrogens with two attached hydrogens (primary N) is 1. The van der Waals surface area contributed by atoms with Gasteiger partial charge in [0.25, 0.3) is 0 Å². The van der Waals surface area contributed by atoms with Crippen LogP contribution in [0.25, 0.3) is 0 Å². The number of carboxylic acid groups (broad SMARTS) is 1. The SMILES string of the molecule is N[C@@H](C(=O)O)c1cc(C(F)(F)F)cc(C(F)(F)F)c1. The van der Waals surface area contributed by atoms with Gasteiger partial charge < -0.3 is 10.8 Å². The molecule has 1 atom stereocenters. The number of hydrogen-bond acceptors (Lipinski definition) is 2. The van der Waals surface area contributed by atoms with Gasteiger partial charge in [-0.15, -0.1) is 0 Å². The number of hydrogen-bond donors (Lipinski definition) is 2. The van der Waals surface area contributed by atoms with Crippen molar-refractivity contribution in [3.63, 3.8) is 0 Å². The Balaban J connectivity index is 3.45. The molecule has 0 amide bonds. The van der Waals surface area contributed by atoms with Crippen LogP contribution >= 0.6 is 0 Å². The van der Waals surface area contributed by atoms with E-state index in [4.69, 9.17) is 10.8 Å². The standard InChI is InChI=1S/C10H7F6NO2/c11-9(12,13)5-1-4(7(17)8(18)19)2-6(3-5)10(14,15)16/h1-3,7H,17H2,(H,18,19)/t7-/m1/s1. The van der Waals surface area contributed by atoms with Crippen molar-refractivity contribution in [1.29, 1.82) is 0 Å². The molecule has 1 rings (SSSR count). The lowest BCUT2D eigenvalue weighted by molar-refractivity contribution is -0.144. The Labute approximate surface area is 102 Å². The van der Waals surface area contributed by atoms with E-state index in [9.17, 15) is 31.1 Å². The molecule has 106 valence electrons. The number of aliphatic carboxylic acids is 1. The first-order valence-electron chi connectivity index (χ1n) is 4.70. The molecule has 0 fully saturated rings. The highest BCUT2D eigenvalue weighted by Crippen LogP contribution is 2.37. The predicted octanol–water partition coefficient (Wildman–Crippen LogP) is 2.81. The Morgan fingerprint density at radius 2 is 1.37 bits per heavy atom. The smallest absolute Gasteiger partial charge is 0.416 e. The van der Waals surface area contributed by atoms with Crippen LogP contribution in [0.1, 0.15) is 22.7 Å². The Hall–Kier alpha value is -1.77. The summed E-state index contributed by atoms with van der Waals surface area (Å²) >= 11 is 0. The molecular formula is C10H7F6NO2. The first kappa shape index (κ1) is 15.3. The van der Waals surface area contributed by atoms with Gasteiger partial charge in [0, 0.05) is 0 Å². The number of carboxylic acids is 1. The van der Waals surface area contributed by atoms with E-state index in [2.05, 4.69) is 0 Å². The average molecular weight is 287 g/mol. The summed E-state index contributed by atoms with van der Waals surface area (Å²) in [6, 6.07) is -1.50. The van der Waals surface area contributed by atoms with Crippen LogP contribution in [0.5, 0.6) is 0 Å². The highest BCUT2D eigenvalue weighted by molar-refractivity contribution is 5.75. The molecule has 0 spiro atoms. The van der Waals surface area contributed by atoms with E-state index >= 15 is 0 Å². The lowest BCUT2D eigenvalue weighted by atomic mass is 10.00. The van der Waals surface area contributed by atoms with Crippen molar-refractivity contribution < 1.29 is 36.2 Å². The summed E-state index contributed by atoms with van der Waals surface area (Å²) < 4.78 is 74.7. The summed E-state index contributed by atoms with van der Waals surface area (Å²) in [5, 5.41) is 8.54. The lowest BCUT2D eigenvalue weighted by Gasteiger charge is -2.15. The van der Waals surface area contributed by atoms with Crippen LogP contribution in [0.4, 0.5) is 26.3 Å². The highest BCUT2D eigenvalue weighted by Gasteiger charge is 2.37. The van der Waals surface area contributed by atoms with E-state index < -0.39 is 41.1 Å². The molecule has 0 saturated heterocycles. The second kappa shape index (κ2) is 4.72. The Morgan fingerprint density at radius 3 is 1.63 bits per heavy atom. The van der Waals surface area contributed by atoms with E-state index in [0.717, 1.165) is 0 Å². The Kier molecular flexibility index (Phi) is 3.80. The summed E-state index contributed by atoms with van der Waals surface area (Å²) in [6.45, 7) is 0. The fraction of sp³-hybridized carbons (Fsp3) is 0.300. The minimum absolute atomic E-state index is 0.0991. The largest absolute Gasteiger partial charge is 0.480 e. The molecular weight excluding hydrogens is 280 g/mol. The molecule has 0 aromatic heterocycles. The molecule has 3 nitrogen and oxygen atoms in total. The van der Waals surface area contributed by atoms with Gasteiger partial charge in [0.2, 0.25) is 0 Å². The van der Waals surface area contributed by atoms with Gasteiger partial charge in [0.15, 0.2) is 0 Å². The normalized spacial score (nSPS) is 14.3. The van der Waals surface area contributed by atoms with Crippen LogP contribution in [-0.2, 0) is 17.1 Å². The Bertz CT molecular complexity index is 462. The molecule has 1 aromatic rings. The van der Waals surface area contributed by atoms with Gasteiger partial charge in [0.05, 0.1) is 11.1 Å². The van der Waals surface area contributed by atoms with Gasteiger partial charge in [-0.25, -0.2) is 0 Å². The third kappa shape index (κ3) is 3.60. The molecule has 1 aromatic carbocycles. The third-order valence-corrected chi connectivity index (χ3v) is 2.24. The fourth-order valence-corrected chi connectivity index (χ4v) is 1.30. The number of benzene rings is 1. The van der Waals surface area contributed by atoms with Crippen molar-refractivity contribution in [3.05, 3.63) is 34.9 Å². The number of carbonyl (C=O) groups is 1. The van der Waals surface area contributed by atoms with E-state index in [1.807, 2.05) is 0 Å². The van der Waals surface area contributed by atoms with E-state index in [1.165, 1.54) is 0 Å². The van der Waals surface area contributed by atoms with Gasteiger partial charge in [-0.05, 0) is 23.8 Å². The topological polar surface area (TPSA) is 63.3 Å². The van der Waals surface area contributed by atoms with E-state index in [-0.39, 0.29) is 18.2 Å². The maximum atomic E-state index is 12.4. The van der Waals surface area contributed by atoms with Crippen molar-refractivity contribution in [2.45, 2.75) is 18.4 Å². The third-order valence-electron chi connectivity index (χ3n) is 2.24. The first-order valence-corrected chi connectivity index (χ1v) is 4.70. The summed E-state index contributed by atoms with van der Waals surface area (Å²) in [6.07, 6.45) is -10.1. The molecule has 9 heteroatoms. The summed E-state index contributed by atoms with van der Waals surface area (Å²) in [4.78, 5) is 10.5. The van der Waals surface area contributed by atoms with E-state index in [1.54, 1.807) is 0 Å². The second-order valence-corrected chi connectivity index (χ2v) is 3.66. The first-order chi connectivity index (χ1) is 8.43. The quantitative estimate of drug-likeness (QED) is 0.822. The van der Waals surface area contributed by atoms with Crippen LogP contribution < -0.4 is 5.73 Å². The molecule has 0 aliphatic rings. The van der Waals surface area contributed by atoms with Crippen LogP contribution in [0, 0.1) is 0 Å². The minimum atomic E-state index is -5.03. The Morgan fingerprint density at radius 1 is 1.00 bits per heavy atom. The summed E-state index contributed by atoms with van der Waals surface area (Å²) in [5.74, 6) is -1.73. The van der Waals surface area contributed by atoms with Crippen LogP contribution in [0.15, 0.2) is 18.2 Å². The van der Waals surface area contributed by atoms with Crippen LogP contribution in [0.2, 0.25) is 0 Å². The van der Waals surface area contributed by atoms with E-state index in [0.29, 0.717) is 0 Å². The predicted molar refractivity (Wildman–Crippen MR) is 51.0 cm³/mol. The maximum Gasteiger partial charge on any atom is 0.416 e. The number of alkyl halides is 6. The van der Waals surface area contributed by atoms with Gasteiger partial charge in [-0.2, -0.15) is 26.3 Å². The van der Waals surface area contributed by atoms with Crippen molar-refractivity contribution >= 4 is 5.97 Å². The van der Waals surface area contributed by atoms with Crippen molar-refractivity contribution in [2.75, 3.05) is 0 Å². The lowest BCUT2D eigenvalue weighted by Crippen LogP contribution is -2.22. The molecule has 0 aliphatic carbocycles. The highest BCUT2D eigenvalue weighted by atomic mass is 19.4. The monoisotopic (exact) mass is 287 g/mol. The van der Waals surface area contributed by atoms with Crippen molar-refractivity contribution in [3.8, 4) is 0 Å². The molecule has 19 heavy (non-hydrogen) atoms. The molecule has 0 heterocycles. The summed E-state index contributed by atoms with van der Waals surface area (Å²) in [5.41, 5.74) is 1.05. The molecule has 0 bridgehead atoms. The zero-order chi connectivity index (χ0) is 15.0. The molecule has 0 aliphatic heterocycles. The number of rotatable bonds is 2. The van der Waals surface area contributed by atoms with Crippen LogP contribution in [0.3, 0.4) is 0 Å². The van der Waals surface area contributed by atoms with Gasteiger partial charge in [-0.1, -0.05) is 0 Å². The van der Waals surface area contributed by atoms with Gasteiger partial charge in [-0.3, -0.25) is 4.79 Å². The number of halogens is 6. The fourth-order valence-electron chi connectivity index (χ4n) is 1.30. The average Bonchev–Trinajstić information content (AvgIpc) is 2.24. The molecule has 0 radical (unpaired) electrons. The zero-order valence-electron chi connectivity index (χ0n) is 9.01. The van der Waals surface area contributed by atoms with Crippen molar-refractivity contribution in [1.82, 2.24) is 0 Å². The van der Waals surface area contributed by atoms with Crippen LogP contribution in [-0.4, -0.2) is 11.1 Å². The molecule has 0 unspecified atom stereocenters. The minimum Gasteiger partial charge on any atom is -0.480 e.